The standard InChI is InChI=1S/C9H13BrN2O2/c1-6(4-11)12-5-7(10)3-8(14-2)9(12)13/h3,5-6H,4,11H2,1-2H3. The van der Waals surface area contributed by atoms with Crippen molar-refractivity contribution in [3.63, 3.8) is 0 Å². The Morgan fingerprint density at radius 3 is 2.86 bits per heavy atom. The van der Waals surface area contributed by atoms with E-state index in [4.69, 9.17) is 10.5 Å². The van der Waals surface area contributed by atoms with E-state index in [-0.39, 0.29) is 11.6 Å². The van der Waals surface area contributed by atoms with Crippen LogP contribution in [0.4, 0.5) is 0 Å². The maximum atomic E-state index is 11.7. The third-order valence-electron chi connectivity index (χ3n) is 2.01. The molecule has 0 spiro atoms. The molecule has 0 saturated carbocycles. The molecular weight excluding hydrogens is 248 g/mol. The monoisotopic (exact) mass is 260 g/mol. The molecule has 0 fully saturated rings. The van der Waals surface area contributed by atoms with Gasteiger partial charge in [0.1, 0.15) is 0 Å². The van der Waals surface area contributed by atoms with Crippen LogP contribution in [0.1, 0.15) is 13.0 Å². The van der Waals surface area contributed by atoms with Crippen LogP contribution in [-0.2, 0) is 0 Å². The summed E-state index contributed by atoms with van der Waals surface area (Å²) in [6.45, 7) is 2.30. The summed E-state index contributed by atoms with van der Waals surface area (Å²) in [5.74, 6) is 0.319. The minimum absolute atomic E-state index is 0.0334. The van der Waals surface area contributed by atoms with E-state index >= 15 is 0 Å². The highest BCUT2D eigenvalue weighted by Gasteiger charge is 2.09. The molecule has 0 saturated heterocycles. The molecule has 0 radical (unpaired) electrons. The van der Waals surface area contributed by atoms with Crippen LogP contribution in [-0.4, -0.2) is 18.2 Å². The fourth-order valence-corrected chi connectivity index (χ4v) is 1.56. The zero-order chi connectivity index (χ0) is 10.7. The largest absolute Gasteiger partial charge is 0.491 e. The summed E-state index contributed by atoms with van der Waals surface area (Å²) < 4.78 is 7.32. The van der Waals surface area contributed by atoms with Gasteiger partial charge < -0.3 is 15.0 Å². The van der Waals surface area contributed by atoms with Gasteiger partial charge in [0.05, 0.1) is 7.11 Å². The predicted molar refractivity (Wildman–Crippen MR) is 58.7 cm³/mol. The molecule has 1 aromatic rings. The summed E-state index contributed by atoms with van der Waals surface area (Å²) in [6.07, 6.45) is 1.71. The fraction of sp³-hybridized carbons (Fsp3) is 0.444. The van der Waals surface area contributed by atoms with E-state index in [1.54, 1.807) is 16.8 Å². The van der Waals surface area contributed by atoms with Gasteiger partial charge in [-0.05, 0) is 22.9 Å². The molecule has 1 rings (SSSR count). The summed E-state index contributed by atoms with van der Waals surface area (Å²) >= 11 is 3.30. The van der Waals surface area contributed by atoms with E-state index in [1.807, 2.05) is 6.92 Å². The number of methoxy groups -OCH3 is 1. The molecule has 0 aliphatic carbocycles. The molecule has 1 heterocycles. The number of halogens is 1. The van der Waals surface area contributed by atoms with Crippen molar-refractivity contribution in [1.82, 2.24) is 4.57 Å². The third-order valence-corrected chi connectivity index (χ3v) is 2.45. The zero-order valence-electron chi connectivity index (χ0n) is 8.16. The van der Waals surface area contributed by atoms with Gasteiger partial charge in [-0.15, -0.1) is 0 Å². The lowest BCUT2D eigenvalue weighted by atomic mass is 10.3. The van der Waals surface area contributed by atoms with E-state index in [0.29, 0.717) is 12.3 Å². The van der Waals surface area contributed by atoms with E-state index in [9.17, 15) is 4.79 Å². The summed E-state index contributed by atoms with van der Waals surface area (Å²) in [7, 11) is 1.47. The van der Waals surface area contributed by atoms with Crippen LogP contribution in [0.5, 0.6) is 5.75 Å². The molecule has 0 aliphatic rings. The van der Waals surface area contributed by atoms with Crippen molar-refractivity contribution in [2.24, 2.45) is 5.73 Å². The lowest BCUT2D eigenvalue weighted by molar-refractivity contribution is 0.396. The van der Waals surface area contributed by atoms with Crippen molar-refractivity contribution in [3.05, 3.63) is 27.1 Å². The minimum atomic E-state index is -0.159. The third kappa shape index (κ3) is 2.16. The fourth-order valence-electron chi connectivity index (χ4n) is 1.13. The van der Waals surface area contributed by atoms with E-state index < -0.39 is 0 Å². The Morgan fingerprint density at radius 2 is 2.36 bits per heavy atom. The summed E-state index contributed by atoms with van der Waals surface area (Å²) in [6, 6.07) is 1.61. The molecular formula is C9H13BrN2O2. The number of hydrogen-bond acceptors (Lipinski definition) is 3. The zero-order valence-corrected chi connectivity index (χ0v) is 9.74. The number of hydrogen-bond donors (Lipinski definition) is 1. The molecule has 1 atom stereocenters. The van der Waals surface area contributed by atoms with Crippen LogP contribution in [0.15, 0.2) is 21.5 Å². The lowest BCUT2D eigenvalue weighted by Gasteiger charge is -2.14. The highest BCUT2D eigenvalue weighted by atomic mass is 79.9. The van der Waals surface area contributed by atoms with Crippen LogP contribution in [0.3, 0.4) is 0 Å². The average Bonchev–Trinajstić information content (AvgIpc) is 2.19. The van der Waals surface area contributed by atoms with Crippen LogP contribution in [0.25, 0.3) is 0 Å². The van der Waals surface area contributed by atoms with Gasteiger partial charge in [-0.1, -0.05) is 0 Å². The summed E-state index contributed by atoms with van der Waals surface area (Å²) in [5.41, 5.74) is 5.34. The van der Waals surface area contributed by atoms with E-state index in [1.165, 1.54) is 7.11 Å². The van der Waals surface area contributed by atoms with E-state index in [0.717, 1.165) is 4.47 Å². The molecule has 5 heteroatoms. The number of aromatic nitrogens is 1. The van der Waals surface area contributed by atoms with Crippen molar-refractivity contribution in [2.45, 2.75) is 13.0 Å². The second-order valence-electron chi connectivity index (χ2n) is 3.02. The summed E-state index contributed by atoms with van der Waals surface area (Å²) in [5, 5.41) is 0. The number of ether oxygens (including phenoxy) is 1. The van der Waals surface area contributed by atoms with Gasteiger partial charge in [0, 0.05) is 29.3 Å². The molecule has 0 aromatic carbocycles. The van der Waals surface area contributed by atoms with Crippen LogP contribution in [0.2, 0.25) is 0 Å². The Balaban J connectivity index is 3.29. The number of nitrogens with two attached hydrogens (primary N) is 1. The predicted octanol–water partition coefficient (Wildman–Crippen LogP) is 1.14. The van der Waals surface area contributed by atoms with Crippen molar-refractivity contribution in [3.8, 4) is 5.75 Å². The van der Waals surface area contributed by atoms with Crippen molar-refractivity contribution in [1.29, 1.82) is 0 Å². The Labute approximate surface area is 90.8 Å². The van der Waals surface area contributed by atoms with Gasteiger partial charge in [-0.25, -0.2) is 0 Å². The molecule has 14 heavy (non-hydrogen) atoms. The molecule has 0 aliphatic heterocycles. The van der Waals surface area contributed by atoms with Crippen LogP contribution in [0, 0.1) is 0 Å². The molecule has 4 nitrogen and oxygen atoms in total. The van der Waals surface area contributed by atoms with E-state index in [2.05, 4.69) is 15.9 Å². The normalized spacial score (nSPS) is 12.6. The van der Waals surface area contributed by atoms with Crippen molar-refractivity contribution >= 4 is 15.9 Å². The molecule has 1 aromatic heterocycles. The van der Waals surface area contributed by atoms with Gasteiger partial charge in [0.25, 0.3) is 5.56 Å². The Bertz CT molecular complexity index is 376. The first-order valence-corrected chi connectivity index (χ1v) is 5.05. The second kappa shape index (κ2) is 4.61. The Hall–Kier alpha value is -0.810. The summed E-state index contributed by atoms with van der Waals surface area (Å²) in [4.78, 5) is 11.7. The van der Waals surface area contributed by atoms with Gasteiger partial charge in [0.15, 0.2) is 5.75 Å². The first kappa shape index (κ1) is 11.3. The molecule has 78 valence electrons. The first-order chi connectivity index (χ1) is 6.60. The molecule has 2 N–H and O–H groups in total. The SMILES string of the molecule is COc1cc(Br)cn(C(C)CN)c1=O. The second-order valence-corrected chi connectivity index (χ2v) is 3.94. The Kier molecular flexibility index (Phi) is 3.71. The smallest absolute Gasteiger partial charge is 0.293 e. The van der Waals surface area contributed by atoms with Gasteiger partial charge in [-0.3, -0.25) is 4.79 Å². The van der Waals surface area contributed by atoms with Gasteiger partial charge in [0.2, 0.25) is 0 Å². The number of rotatable bonds is 3. The highest BCUT2D eigenvalue weighted by Crippen LogP contribution is 2.15. The number of nitrogens with zero attached hydrogens (tertiary/aromatic N) is 1. The van der Waals surface area contributed by atoms with Gasteiger partial charge in [-0.2, -0.15) is 0 Å². The minimum Gasteiger partial charge on any atom is -0.491 e. The average molecular weight is 261 g/mol. The van der Waals surface area contributed by atoms with Crippen LogP contribution < -0.4 is 16.0 Å². The topological polar surface area (TPSA) is 57.2 Å². The highest BCUT2D eigenvalue weighted by molar-refractivity contribution is 9.10. The molecule has 0 bridgehead atoms. The Morgan fingerprint density at radius 1 is 1.71 bits per heavy atom. The maximum Gasteiger partial charge on any atom is 0.293 e. The van der Waals surface area contributed by atoms with Gasteiger partial charge >= 0.3 is 0 Å². The molecule has 0 amide bonds. The van der Waals surface area contributed by atoms with Crippen molar-refractivity contribution < 1.29 is 4.74 Å². The quantitative estimate of drug-likeness (QED) is 0.887. The lowest BCUT2D eigenvalue weighted by Crippen LogP contribution is -2.28. The number of pyridine rings is 1. The van der Waals surface area contributed by atoms with Crippen LogP contribution >= 0.6 is 15.9 Å². The molecule has 1 unspecified atom stereocenters. The van der Waals surface area contributed by atoms with Crippen molar-refractivity contribution in [2.75, 3.05) is 13.7 Å². The maximum absolute atomic E-state index is 11.7. The first-order valence-electron chi connectivity index (χ1n) is 4.26.